The third-order valence-electron chi connectivity index (χ3n) is 6.47. The van der Waals surface area contributed by atoms with Gasteiger partial charge >= 0.3 is 0 Å². The number of nitrogens with zero attached hydrogens (tertiary/aromatic N) is 3. The van der Waals surface area contributed by atoms with E-state index in [2.05, 4.69) is 15.5 Å². The average molecular weight is 441 g/mol. The maximum Gasteiger partial charge on any atom is 0.234 e. The van der Waals surface area contributed by atoms with E-state index >= 15 is 0 Å². The summed E-state index contributed by atoms with van der Waals surface area (Å²) in [6.45, 7) is 1.94. The standard InChI is InChI=1S/C22H21FN4O3S/c1-2-17-25-26-22(31-17)24-16(28)10-15(11-5-7-14(23)8-6-11)27-20(29)18-12-3-4-13(9-12)19(18)21(27)30/h3-8,12-13,15,18-19H,2,9-10H2,1H3,(H,24,26,28). The van der Waals surface area contributed by atoms with Gasteiger partial charge in [-0.25, -0.2) is 4.39 Å². The Hall–Kier alpha value is -2.94. The van der Waals surface area contributed by atoms with Gasteiger partial charge in [-0.3, -0.25) is 19.3 Å². The van der Waals surface area contributed by atoms with Crippen molar-refractivity contribution < 1.29 is 18.8 Å². The summed E-state index contributed by atoms with van der Waals surface area (Å²) in [5.74, 6) is -1.84. The molecule has 1 saturated heterocycles. The fourth-order valence-corrected chi connectivity index (χ4v) is 5.76. The minimum Gasteiger partial charge on any atom is -0.300 e. The number of hydrogen-bond donors (Lipinski definition) is 1. The maximum atomic E-state index is 13.5. The lowest BCUT2D eigenvalue weighted by Crippen LogP contribution is -2.38. The first kappa shape index (κ1) is 20.0. The zero-order valence-corrected chi connectivity index (χ0v) is 17.6. The second kappa shape index (κ2) is 7.64. The molecule has 2 aromatic rings. The summed E-state index contributed by atoms with van der Waals surface area (Å²) in [5.41, 5.74) is 0.546. The lowest BCUT2D eigenvalue weighted by atomic mass is 9.85. The number of fused-ring (bicyclic) bond motifs is 5. The van der Waals surface area contributed by atoms with Crippen molar-refractivity contribution in [3.63, 3.8) is 0 Å². The van der Waals surface area contributed by atoms with Gasteiger partial charge in [0.15, 0.2) is 0 Å². The summed E-state index contributed by atoms with van der Waals surface area (Å²) in [6.07, 6.45) is 5.47. The molecule has 2 bridgehead atoms. The van der Waals surface area contributed by atoms with E-state index in [0.717, 1.165) is 11.4 Å². The minimum atomic E-state index is -0.802. The second-order valence-corrected chi connectivity index (χ2v) is 9.28. The highest BCUT2D eigenvalue weighted by molar-refractivity contribution is 7.15. The smallest absolute Gasteiger partial charge is 0.234 e. The molecular formula is C22H21FN4O3S. The van der Waals surface area contributed by atoms with E-state index in [1.807, 2.05) is 19.1 Å². The van der Waals surface area contributed by atoms with E-state index in [1.165, 1.54) is 40.5 Å². The molecule has 1 aromatic heterocycles. The van der Waals surface area contributed by atoms with Crippen LogP contribution in [0.2, 0.25) is 0 Å². The van der Waals surface area contributed by atoms with Crippen molar-refractivity contribution in [2.24, 2.45) is 23.7 Å². The van der Waals surface area contributed by atoms with Gasteiger partial charge in [0.2, 0.25) is 22.9 Å². The molecule has 2 heterocycles. The van der Waals surface area contributed by atoms with Crippen molar-refractivity contribution in [3.05, 3.63) is 52.8 Å². The highest BCUT2D eigenvalue weighted by Crippen LogP contribution is 2.54. The van der Waals surface area contributed by atoms with Crippen molar-refractivity contribution in [2.75, 3.05) is 5.32 Å². The molecule has 5 unspecified atom stereocenters. The molecule has 2 aliphatic carbocycles. The van der Waals surface area contributed by atoms with Gasteiger partial charge in [-0.05, 0) is 42.4 Å². The molecule has 5 atom stereocenters. The van der Waals surface area contributed by atoms with E-state index < -0.39 is 11.9 Å². The monoisotopic (exact) mass is 440 g/mol. The number of halogens is 1. The Labute approximate surface area is 182 Å². The number of rotatable bonds is 6. The summed E-state index contributed by atoms with van der Waals surface area (Å²) in [7, 11) is 0. The average Bonchev–Trinajstić information content (AvgIpc) is 3.52. The maximum absolute atomic E-state index is 13.5. The van der Waals surface area contributed by atoms with Crippen LogP contribution in [0.25, 0.3) is 0 Å². The molecule has 0 radical (unpaired) electrons. The van der Waals surface area contributed by atoms with Crippen LogP contribution in [0.5, 0.6) is 0 Å². The van der Waals surface area contributed by atoms with Crippen molar-refractivity contribution in [3.8, 4) is 0 Å². The number of likely N-dealkylation sites (tertiary alicyclic amines) is 1. The molecule has 3 amide bonds. The molecule has 0 spiro atoms. The molecule has 1 aromatic carbocycles. The Morgan fingerprint density at radius 1 is 1.16 bits per heavy atom. The van der Waals surface area contributed by atoms with Crippen LogP contribution in [0.3, 0.4) is 0 Å². The topological polar surface area (TPSA) is 92.3 Å². The van der Waals surface area contributed by atoms with Crippen molar-refractivity contribution in [1.82, 2.24) is 15.1 Å². The number of aryl methyl sites for hydroxylation is 1. The molecule has 160 valence electrons. The van der Waals surface area contributed by atoms with Gasteiger partial charge < -0.3 is 5.32 Å². The Bertz CT molecular complexity index is 1050. The van der Waals surface area contributed by atoms with Crippen LogP contribution in [-0.2, 0) is 20.8 Å². The second-order valence-electron chi connectivity index (χ2n) is 8.22. The summed E-state index contributed by atoms with van der Waals surface area (Å²) >= 11 is 1.28. The number of carbonyl (C=O) groups is 3. The fraction of sp³-hybridized carbons (Fsp3) is 0.409. The number of benzene rings is 1. The summed E-state index contributed by atoms with van der Waals surface area (Å²) in [4.78, 5) is 40.6. The largest absolute Gasteiger partial charge is 0.300 e. The van der Waals surface area contributed by atoms with Crippen molar-refractivity contribution in [2.45, 2.75) is 32.2 Å². The number of carbonyl (C=O) groups excluding carboxylic acids is 3. The summed E-state index contributed by atoms with van der Waals surface area (Å²) in [5, 5.41) is 11.8. The molecule has 7 nitrogen and oxygen atoms in total. The zero-order chi connectivity index (χ0) is 21.7. The van der Waals surface area contributed by atoms with E-state index in [4.69, 9.17) is 0 Å². The molecule has 3 aliphatic rings. The molecule has 31 heavy (non-hydrogen) atoms. The summed E-state index contributed by atoms with van der Waals surface area (Å²) in [6, 6.07) is 4.79. The Balaban J connectivity index is 1.42. The molecule has 1 aliphatic heterocycles. The molecule has 5 rings (SSSR count). The highest BCUT2D eigenvalue weighted by Gasteiger charge is 2.60. The van der Waals surface area contributed by atoms with Crippen LogP contribution in [0.15, 0.2) is 36.4 Å². The van der Waals surface area contributed by atoms with Crippen molar-refractivity contribution in [1.29, 1.82) is 0 Å². The third-order valence-corrected chi connectivity index (χ3v) is 7.45. The van der Waals surface area contributed by atoms with Gasteiger partial charge in [0.1, 0.15) is 10.8 Å². The number of aromatic nitrogens is 2. The normalized spacial score (nSPS) is 27.1. The number of hydrogen-bond acceptors (Lipinski definition) is 6. The number of imide groups is 1. The minimum absolute atomic E-state index is 0.0769. The van der Waals surface area contributed by atoms with E-state index in [-0.39, 0.29) is 47.8 Å². The van der Waals surface area contributed by atoms with E-state index in [1.54, 1.807) is 0 Å². The predicted molar refractivity (Wildman–Crippen MR) is 111 cm³/mol. The predicted octanol–water partition coefficient (Wildman–Crippen LogP) is 3.12. The first-order chi connectivity index (χ1) is 15.0. The van der Waals surface area contributed by atoms with E-state index in [9.17, 15) is 18.8 Å². The van der Waals surface area contributed by atoms with Gasteiger partial charge in [-0.15, -0.1) is 10.2 Å². The number of allylic oxidation sites excluding steroid dienone is 2. The van der Waals surface area contributed by atoms with Crippen LogP contribution < -0.4 is 5.32 Å². The quantitative estimate of drug-likeness (QED) is 0.550. The van der Waals surface area contributed by atoms with Crippen LogP contribution in [0, 0.1) is 29.5 Å². The van der Waals surface area contributed by atoms with Gasteiger partial charge in [-0.1, -0.05) is 42.5 Å². The highest BCUT2D eigenvalue weighted by atomic mass is 32.1. The molecule has 1 N–H and O–H groups in total. The first-order valence-corrected chi connectivity index (χ1v) is 11.2. The number of nitrogens with one attached hydrogen (secondary N) is 1. The molecule has 2 fully saturated rings. The lowest BCUT2D eigenvalue weighted by molar-refractivity contribution is -0.144. The number of anilines is 1. The Morgan fingerprint density at radius 2 is 1.81 bits per heavy atom. The van der Waals surface area contributed by atoms with Gasteiger partial charge in [0, 0.05) is 0 Å². The Morgan fingerprint density at radius 3 is 2.39 bits per heavy atom. The van der Waals surface area contributed by atoms with E-state index in [0.29, 0.717) is 17.1 Å². The number of amides is 3. The zero-order valence-electron chi connectivity index (χ0n) is 16.8. The fourth-order valence-electron chi connectivity index (χ4n) is 5.07. The van der Waals surface area contributed by atoms with Gasteiger partial charge in [-0.2, -0.15) is 0 Å². The van der Waals surface area contributed by atoms with Gasteiger partial charge in [0.25, 0.3) is 0 Å². The van der Waals surface area contributed by atoms with Crippen LogP contribution in [0.1, 0.15) is 36.4 Å². The van der Waals surface area contributed by atoms with Gasteiger partial charge in [0.05, 0.1) is 24.3 Å². The van der Waals surface area contributed by atoms with Crippen LogP contribution in [0.4, 0.5) is 9.52 Å². The molecule has 1 saturated carbocycles. The third kappa shape index (κ3) is 3.37. The van der Waals surface area contributed by atoms with Crippen molar-refractivity contribution >= 4 is 34.2 Å². The lowest BCUT2D eigenvalue weighted by Gasteiger charge is -2.28. The van der Waals surface area contributed by atoms with Crippen LogP contribution >= 0.6 is 11.3 Å². The summed E-state index contributed by atoms with van der Waals surface area (Å²) < 4.78 is 13.5. The van der Waals surface area contributed by atoms with Crippen LogP contribution in [-0.4, -0.2) is 32.8 Å². The Kier molecular flexibility index (Phi) is 4.92. The first-order valence-electron chi connectivity index (χ1n) is 10.4. The SMILES string of the molecule is CCc1nnc(NC(=O)CC(c2ccc(F)cc2)N2C(=O)C3C4C=CC(C4)C3C2=O)s1. The molecular weight excluding hydrogens is 419 g/mol. The molecule has 9 heteroatoms.